The van der Waals surface area contributed by atoms with E-state index in [4.69, 9.17) is 0 Å². The molecule has 8 heteroatoms. The molecule has 3 rings (SSSR count). The number of carbonyl (C=O) groups is 2. The summed E-state index contributed by atoms with van der Waals surface area (Å²) < 4.78 is 20.9. The average molecular weight is 390 g/mol. The van der Waals surface area contributed by atoms with Gasteiger partial charge in [0.25, 0.3) is 5.91 Å². The van der Waals surface area contributed by atoms with Gasteiger partial charge in [0.05, 0.1) is 17.3 Å². The Bertz CT molecular complexity index is 1040. The lowest BCUT2D eigenvalue weighted by Gasteiger charge is -2.04. The third-order valence-electron chi connectivity index (χ3n) is 3.70. The van der Waals surface area contributed by atoms with Crippen molar-refractivity contribution in [1.29, 1.82) is 0 Å². The van der Waals surface area contributed by atoms with Crippen LogP contribution in [-0.4, -0.2) is 29.8 Å². The van der Waals surface area contributed by atoms with Gasteiger partial charge in [-0.05, 0) is 42.7 Å². The lowest BCUT2D eigenvalue weighted by molar-refractivity contribution is -0.141. The molecular weight excluding hydrogens is 375 g/mol. The molecule has 0 aliphatic heterocycles. The number of fused-ring (bicyclic) bond motifs is 1. The first-order valence-electron chi connectivity index (χ1n) is 7.61. The quantitative estimate of drug-likeness (QED) is 0.506. The summed E-state index contributed by atoms with van der Waals surface area (Å²) in [6.07, 6.45) is 1.95. The second kappa shape index (κ2) is 7.84. The fourth-order valence-electron chi connectivity index (χ4n) is 2.40. The van der Waals surface area contributed by atoms with Crippen LogP contribution in [0.3, 0.4) is 0 Å². The van der Waals surface area contributed by atoms with Crippen LogP contribution in [-0.2, 0) is 16.1 Å². The van der Waals surface area contributed by atoms with Crippen molar-refractivity contribution < 1.29 is 18.7 Å². The van der Waals surface area contributed by atoms with Gasteiger partial charge in [-0.15, -0.1) is 11.8 Å². The molecule has 0 radical (unpaired) electrons. The lowest BCUT2D eigenvalue weighted by atomic mass is 10.2. The number of thioether (sulfide) groups is 1. The maximum Gasteiger partial charge on any atom is 0.325 e. The summed E-state index contributed by atoms with van der Waals surface area (Å²) in [5.41, 5.74) is 0.650. The maximum atomic E-state index is 14.3. The Hall–Kier alpha value is -2.45. The van der Waals surface area contributed by atoms with E-state index in [1.807, 2.05) is 18.4 Å². The number of carbonyl (C=O) groups excluding carboxylic acids is 2. The number of methoxy groups -OCH3 is 1. The molecule has 0 unspecified atom stereocenters. The zero-order valence-corrected chi connectivity index (χ0v) is 15.7. The Morgan fingerprint density at radius 2 is 1.96 bits per heavy atom. The molecule has 0 bridgehead atoms. The topological polar surface area (TPSA) is 60.7 Å². The third-order valence-corrected chi connectivity index (χ3v) is 5.49. The van der Waals surface area contributed by atoms with E-state index in [1.54, 1.807) is 36.0 Å². The van der Waals surface area contributed by atoms with Gasteiger partial charge in [-0.3, -0.25) is 9.59 Å². The number of rotatable bonds is 4. The molecule has 1 amide bonds. The molecule has 0 N–H and O–H groups in total. The Labute approximate surface area is 157 Å². The van der Waals surface area contributed by atoms with Gasteiger partial charge in [0.2, 0.25) is 0 Å². The second-order valence-corrected chi connectivity index (χ2v) is 7.17. The first-order chi connectivity index (χ1) is 12.5. The molecule has 0 saturated carbocycles. The summed E-state index contributed by atoms with van der Waals surface area (Å²) in [5.74, 6) is -1.49. The average Bonchev–Trinajstić information content (AvgIpc) is 3.00. The van der Waals surface area contributed by atoms with Crippen LogP contribution in [0.15, 0.2) is 52.4 Å². The molecular formula is C18H15FN2O3S2. The number of hydrogen-bond donors (Lipinski definition) is 0. The molecule has 1 aromatic heterocycles. The van der Waals surface area contributed by atoms with Gasteiger partial charge in [0.1, 0.15) is 12.4 Å². The van der Waals surface area contributed by atoms with Crippen LogP contribution in [0.4, 0.5) is 4.39 Å². The maximum absolute atomic E-state index is 14.3. The van der Waals surface area contributed by atoms with Crippen molar-refractivity contribution in [1.82, 2.24) is 4.57 Å². The molecule has 0 atom stereocenters. The Morgan fingerprint density at radius 1 is 1.23 bits per heavy atom. The molecule has 5 nitrogen and oxygen atoms in total. The number of halogens is 1. The van der Waals surface area contributed by atoms with E-state index in [1.165, 1.54) is 17.7 Å². The van der Waals surface area contributed by atoms with Crippen molar-refractivity contribution in [3.63, 3.8) is 0 Å². The fraction of sp³-hybridized carbons (Fsp3) is 0.167. The number of hydrogen-bond acceptors (Lipinski definition) is 5. The molecule has 3 aromatic rings. The number of amides is 1. The van der Waals surface area contributed by atoms with Gasteiger partial charge < -0.3 is 9.30 Å². The van der Waals surface area contributed by atoms with Crippen LogP contribution in [0.25, 0.3) is 10.2 Å². The highest BCUT2D eigenvalue weighted by molar-refractivity contribution is 7.98. The third kappa shape index (κ3) is 3.71. The molecule has 0 aliphatic carbocycles. The predicted octanol–water partition coefficient (Wildman–Crippen LogP) is 3.48. The van der Waals surface area contributed by atoms with E-state index in [0.717, 1.165) is 16.2 Å². The highest BCUT2D eigenvalue weighted by atomic mass is 32.2. The van der Waals surface area contributed by atoms with Crippen molar-refractivity contribution in [2.45, 2.75) is 11.4 Å². The van der Waals surface area contributed by atoms with Gasteiger partial charge in [-0.25, -0.2) is 4.39 Å². The van der Waals surface area contributed by atoms with Crippen LogP contribution in [0.1, 0.15) is 10.4 Å². The van der Waals surface area contributed by atoms with E-state index in [-0.39, 0.29) is 16.9 Å². The zero-order chi connectivity index (χ0) is 18.7. The van der Waals surface area contributed by atoms with Crippen molar-refractivity contribution in [2.24, 2.45) is 4.99 Å². The minimum atomic E-state index is -0.550. The Kier molecular flexibility index (Phi) is 5.53. The van der Waals surface area contributed by atoms with Gasteiger partial charge in [0.15, 0.2) is 4.80 Å². The van der Waals surface area contributed by atoms with E-state index in [0.29, 0.717) is 10.3 Å². The molecule has 0 fully saturated rings. The number of benzene rings is 2. The SMILES string of the molecule is COC(=O)Cn1c(=NC(=O)c2ccc(SC)cc2)sc2cccc(F)c21. The zero-order valence-electron chi connectivity index (χ0n) is 14.1. The smallest absolute Gasteiger partial charge is 0.325 e. The number of esters is 1. The number of ether oxygens (including phenoxy) is 1. The number of thiazole rings is 1. The van der Waals surface area contributed by atoms with Gasteiger partial charge in [-0.1, -0.05) is 17.4 Å². The lowest BCUT2D eigenvalue weighted by Crippen LogP contribution is -2.22. The summed E-state index contributed by atoms with van der Waals surface area (Å²) in [7, 11) is 1.25. The van der Waals surface area contributed by atoms with Crippen molar-refractivity contribution in [3.8, 4) is 0 Å². The van der Waals surface area contributed by atoms with Gasteiger partial charge in [-0.2, -0.15) is 4.99 Å². The van der Waals surface area contributed by atoms with Crippen LogP contribution >= 0.6 is 23.1 Å². The van der Waals surface area contributed by atoms with Crippen molar-refractivity contribution in [2.75, 3.05) is 13.4 Å². The summed E-state index contributed by atoms with van der Waals surface area (Å²) >= 11 is 2.72. The van der Waals surface area contributed by atoms with Gasteiger partial charge in [0, 0.05) is 10.5 Å². The van der Waals surface area contributed by atoms with E-state index in [9.17, 15) is 14.0 Å². The molecule has 0 saturated heterocycles. The predicted molar refractivity (Wildman–Crippen MR) is 99.9 cm³/mol. The van der Waals surface area contributed by atoms with Gasteiger partial charge >= 0.3 is 5.97 Å². The first kappa shape index (κ1) is 18.3. The van der Waals surface area contributed by atoms with Crippen molar-refractivity contribution in [3.05, 3.63) is 58.6 Å². The molecule has 0 spiro atoms. The van der Waals surface area contributed by atoms with Crippen molar-refractivity contribution >= 4 is 45.2 Å². The van der Waals surface area contributed by atoms with E-state index < -0.39 is 17.7 Å². The van der Waals surface area contributed by atoms with Crippen LogP contribution in [0.5, 0.6) is 0 Å². The summed E-state index contributed by atoms with van der Waals surface area (Å²) in [5, 5.41) is 0. The number of nitrogens with zero attached hydrogens (tertiary/aromatic N) is 2. The summed E-state index contributed by atoms with van der Waals surface area (Å²) in [6.45, 7) is -0.227. The standard InChI is InChI=1S/C18H15FN2O3S2/c1-24-15(22)10-21-16-13(19)4-3-5-14(16)26-18(21)20-17(23)11-6-8-12(25-2)9-7-11/h3-9H,10H2,1-2H3. The first-order valence-corrected chi connectivity index (χ1v) is 9.65. The highest BCUT2D eigenvalue weighted by Gasteiger charge is 2.15. The normalized spacial score (nSPS) is 11.7. The minimum absolute atomic E-state index is 0.227. The van der Waals surface area contributed by atoms with E-state index in [2.05, 4.69) is 9.73 Å². The molecule has 0 aliphatic rings. The van der Waals surface area contributed by atoms with Crippen LogP contribution in [0, 0.1) is 5.82 Å². The minimum Gasteiger partial charge on any atom is -0.468 e. The Morgan fingerprint density at radius 3 is 2.62 bits per heavy atom. The summed E-state index contributed by atoms with van der Waals surface area (Å²) in [4.78, 5) is 29.6. The highest BCUT2D eigenvalue weighted by Crippen LogP contribution is 2.21. The fourth-order valence-corrected chi connectivity index (χ4v) is 3.85. The molecule has 134 valence electrons. The Balaban J connectivity index is 2.11. The van der Waals surface area contributed by atoms with Crippen LogP contribution < -0.4 is 4.80 Å². The largest absolute Gasteiger partial charge is 0.468 e. The molecule has 1 heterocycles. The number of para-hydroxylation sites is 1. The molecule has 2 aromatic carbocycles. The molecule has 26 heavy (non-hydrogen) atoms. The van der Waals surface area contributed by atoms with Crippen LogP contribution in [0.2, 0.25) is 0 Å². The second-order valence-electron chi connectivity index (χ2n) is 5.28. The van der Waals surface area contributed by atoms with E-state index >= 15 is 0 Å². The number of aromatic nitrogens is 1. The monoisotopic (exact) mass is 390 g/mol. The summed E-state index contributed by atoms with van der Waals surface area (Å²) in [6, 6.07) is 11.6.